The van der Waals surface area contributed by atoms with E-state index in [0.717, 1.165) is 0 Å². The van der Waals surface area contributed by atoms with Crippen molar-refractivity contribution >= 4 is 23.7 Å². The van der Waals surface area contributed by atoms with Crippen LogP contribution in [0.25, 0.3) is 0 Å². The van der Waals surface area contributed by atoms with Gasteiger partial charge in [0.05, 0.1) is 11.2 Å². The number of hydrazone groups is 1. The second kappa shape index (κ2) is 7.40. The van der Waals surface area contributed by atoms with Gasteiger partial charge >= 0.3 is 0 Å². The molecule has 0 spiro atoms. The number of amides is 1. The van der Waals surface area contributed by atoms with E-state index in [-0.39, 0.29) is 12.4 Å². The van der Waals surface area contributed by atoms with Gasteiger partial charge in [0.25, 0.3) is 5.91 Å². The molecule has 108 valence electrons. The van der Waals surface area contributed by atoms with Gasteiger partial charge in [-0.1, -0.05) is 35.9 Å². The molecule has 0 aliphatic carbocycles. The van der Waals surface area contributed by atoms with Gasteiger partial charge in [-0.15, -0.1) is 0 Å². The Kier molecular flexibility index (Phi) is 5.29. The van der Waals surface area contributed by atoms with E-state index in [0.29, 0.717) is 16.3 Å². The SMILES string of the molecule is O=C(COc1ccccc1Cl)NN=Cc1cccc(F)c1. The van der Waals surface area contributed by atoms with Gasteiger partial charge in [0.2, 0.25) is 0 Å². The number of hydrogen-bond donors (Lipinski definition) is 1. The second-order valence-corrected chi connectivity index (χ2v) is 4.47. The van der Waals surface area contributed by atoms with Crippen LogP contribution in [0.1, 0.15) is 5.56 Å². The van der Waals surface area contributed by atoms with Gasteiger partial charge in [0.1, 0.15) is 11.6 Å². The lowest BCUT2D eigenvalue weighted by atomic mass is 10.2. The van der Waals surface area contributed by atoms with E-state index >= 15 is 0 Å². The maximum atomic E-state index is 12.9. The normalized spacial score (nSPS) is 10.6. The van der Waals surface area contributed by atoms with Crippen molar-refractivity contribution in [2.45, 2.75) is 0 Å². The molecule has 0 radical (unpaired) electrons. The van der Waals surface area contributed by atoms with Crippen molar-refractivity contribution in [1.82, 2.24) is 5.43 Å². The van der Waals surface area contributed by atoms with E-state index in [1.807, 2.05) is 0 Å². The zero-order chi connectivity index (χ0) is 15.1. The number of carbonyl (C=O) groups excluding carboxylic acids is 1. The van der Waals surface area contributed by atoms with Gasteiger partial charge < -0.3 is 4.74 Å². The number of rotatable bonds is 5. The number of carbonyl (C=O) groups is 1. The van der Waals surface area contributed by atoms with Gasteiger partial charge in [-0.25, -0.2) is 9.82 Å². The van der Waals surface area contributed by atoms with Crippen LogP contribution in [-0.2, 0) is 4.79 Å². The fourth-order valence-electron chi connectivity index (χ4n) is 1.50. The third-order valence-electron chi connectivity index (χ3n) is 2.45. The number of ether oxygens (including phenoxy) is 1. The maximum Gasteiger partial charge on any atom is 0.277 e. The lowest BCUT2D eigenvalue weighted by Crippen LogP contribution is -2.24. The quantitative estimate of drug-likeness (QED) is 0.682. The summed E-state index contributed by atoms with van der Waals surface area (Å²) in [5.41, 5.74) is 2.82. The van der Waals surface area contributed by atoms with Crippen LogP contribution in [0.5, 0.6) is 5.75 Å². The second-order valence-electron chi connectivity index (χ2n) is 4.07. The highest BCUT2D eigenvalue weighted by Crippen LogP contribution is 2.22. The topological polar surface area (TPSA) is 50.7 Å². The van der Waals surface area contributed by atoms with Gasteiger partial charge in [-0.2, -0.15) is 5.10 Å². The van der Waals surface area contributed by atoms with Gasteiger partial charge in [-0.3, -0.25) is 4.79 Å². The van der Waals surface area contributed by atoms with E-state index in [2.05, 4.69) is 10.5 Å². The molecular weight excluding hydrogens is 295 g/mol. The summed E-state index contributed by atoms with van der Waals surface area (Å²) in [5, 5.41) is 4.14. The highest BCUT2D eigenvalue weighted by atomic mass is 35.5. The third-order valence-corrected chi connectivity index (χ3v) is 2.76. The summed E-state index contributed by atoms with van der Waals surface area (Å²) in [7, 11) is 0. The Morgan fingerprint density at radius 1 is 1.29 bits per heavy atom. The van der Waals surface area contributed by atoms with Crippen molar-refractivity contribution in [3.05, 3.63) is 64.9 Å². The summed E-state index contributed by atoms with van der Waals surface area (Å²) in [6.45, 7) is -0.218. The Labute approximate surface area is 126 Å². The van der Waals surface area contributed by atoms with Crippen LogP contribution in [0, 0.1) is 5.82 Å². The first-order valence-electron chi connectivity index (χ1n) is 6.10. The predicted molar refractivity (Wildman–Crippen MR) is 79.1 cm³/mol. The average Bonchev–Trinajstić information content (AvgIpc) is 2.46. The molecule has 4 nitrogen and oxygen atoms in total. The van der Waals surface area contributed by atoms with Crippen LogP contribution in [-0.4, -0.2) is 18.7 Å². The summed E-state index contributed by atoms with van der Waals surface area (Å²) in [6.07, 6.45) is 1.34. The standard InChI is InChI=1S/C15H12ClFN2O2/c16-13-6-1-2-7-14(13)21-10-15(20)19-18-9-11-4-3-5-12(17)8-11/h1-9H,10H2,(H,19,20). The van der Waals surface area contributed by atoms with E-state index < -0.39 is 5.91 Å². The lowest BCUT2D eigenvalue weighted by molar-refractivity contribution is -0.123. The molecule has 1 N–H and O–H groups in total. The van der Waals surface area contributed by atoms with Crippen LogP contribution < -0.4 is 10.2 Å². The fraction of sp³-hybridized carbons (Fsp3) is 0.0667. The molecule has 6 heteroatoms. The first-order valence-corrected chi connectivity index (χ1v) is 6.48. The molecule has 0 bridgehead atoms. The van der Waals surface area contributed by atoms with Gasteiger partial charge in [0.15, 0.2) is 6.61 Å². The van der Waals surface area contributed by atoms with Crippen molar-refractivity contribution in [1.29, 1.82) is 0 Å². The monoisotopic (exact) mass is 306 g/mol. The van der Waals surface area contributed by atoms with Gasteiger partial charge in [-0.05, 0) is 29.8 Å². The molecule has 0 saturated heterocycles. The first kappa shape index (κ1) is 15.0. The molecular formula is C15H12ClFN2O2. The van der Waals surface area contributed by atoms with Crippen molar-refractivity contribution in [2.24, 2.45) is 5.10 Å². The highest BCUT2D eigenvalue weighted by Gasteiger charge is 2.04. The Balaban J connectivity index is 1.81. The van der Waals surface area contributed by atoms with Crippen molar-refractivity contribution in [2.75, 3.05) is 6.61 Å². The molecule has 0 unspecified atom stereocenters. The lowest BCUT2D eigenvalue weighted by Gasteiger charge is -2.06. The first-order chi connectivity index (χ1) is 10.1. The molecule has 0 aliphatic rings. The number of hydrogen-bond acceptors (Lipinski definition) is 3. The smallest absolute Gasteiger partial charge is 0.277 e. The molecule has 0 atom stereocenters. The van der Waals surface area contributed by atoms with Crippen LogP contribution in [0.2, 0.25) is 5.02 Å². The molecule has 0 fully saturated rings. The highest BCUT2D eigenvalue weighted by molar-refractivity contribution is 6.32. The number of nitrogens with zero attached hydrogens (tertiary/aromatic N) is 1. The summed E-state index contributed by atoms with van der Waals surface area (Å²) < 4.78 is 18.2. The van der Waals surface area contributed by atoms with E-state index in [1.165, 1.54) is 18.3 Å². The van der Waals surface area contributed by atoms with E-state index in [9.17, 15) is 9.18 Å². The van der Waals surface area contributed by atoms with Crippen LogP contribution in [0.4, 0.5) is 4.39 Å². The van der Waals surface area contributed by atoms with Crippen LogP contribution >= 0.6 is 11.6 Å². The molecule has 21 heavy (non-hydrogen) atoms. The van der Waals surface area contributed by atoms with Crippen molar-refractivity contribution < 1.29 is 13.9 Å². The Bertz CT molecular complexity index is 662. The zero-order valence-corrected chi connectivity index (χ0v) is 11.7. The predicted octanol–water partition coefficient (Wildman–Crippen LogP) is 3.01. The zero-order valence-electron chi connectivity index (χ0n) is 10.9. The average molecular weight is 307 g/mol. The van der Waals surface area contributed by atoms with Crippen LogP contribution in [0.3, 0.4) is 0 Å². The van der Waals surface area contributed by atoms with Gasteiger partial charge in [0, 0.05) is 0 Å². The minimum absolute atomic E-state index is 0.218. The minimum atomic E-state index is -0.442. The molecule has 0 saturated carbocycles. The molecule has 0 heterocycles. The third kappa shape index (κ3) is 4.89. The number of benzene rings is 2. The van der Waals surface area contributed by atoms with E-state index in [1.54, 1.807) is 36.4 Å². The maximum absolute atomic E-state index is 12.9. The Morgan fingerprint density at radius 3 is 2.86 bits per heavy atom. The molecule has 0 aromatic heterocycles. The summed E-state index contributed by atoms with van der Waals surface area (Å²) in [5.74, 6) is -0.390. The Hall–Kier alpha value is -2.40. The number of nitrogens with one attached hydrogen (secondary N) is 1. The molecule has 0 aliphatic heterocycles. The van der Waals surface area contributed by atoms with Crippen LogP contribution in [0.15, 0.2) is 53.6 Å². The van der Waals surface area contributed by atoms with E-state index in [4.69, 9.17) is 16.3 Å². The largest absolute Gasteiger partial charge is 0.482 e. The van der Waals surface area contributed by atoms with Crippen molar-refractivity contribution in [3.63, 3.8) is 0 Å². The number of para-hydroxylation sites is 1. The summed E-state index contributed by atoms with van der Waals surface area (Å²) in [4.78, 5) is 11.5. The molecule has 2 aromatic carbocycles. The Morgan fingerprint density at radius 2 is 2.10 bits per heavy atom. The molecule has 1 amide bonds. The summed E-state index contributed by atoms with van der Waals surface area (Å²) >= 11 is 5.89. The fourth-order valence-corrected chi connectivity index (χ4v) is 1.69. The van der Waals surface area contributed by atoms with Crippen molar-refractivity contribution in [3.8, 4) is 5.75 Å². The molecule has 2 aromatic rings. The molecule has 2 rings (SSSR count). The summed E-state index contributed by atoms with van der Waals surface area (Å²) in [6, 6.07) is 12.7. The number of halogens is 2. The minimum Gasteiger partial charge on any atom is -0.482 e.